The molecule has 106 valence electrons. The van der Waals surface area contributed by atoms with Gasteiger partial charge in [0.15, 0.2) is 0 Å². The Balaban J connectivity index is 2.19. The Bertz CT molecular complexity index is 584. The van der Waals surface area contributed by atoms with Gasteiger partial charge in [-0.1, -0.05) is 34.1 Å². The predicted octanol–water partition coefficient (Wildman–Crippen LogP) is 4.06. The van der Waals surface area contributed by atoms with Gasteiger partial charge < -0.3 is 15.2 Å². The van der Waals surface area contributed by atoms with Gasteiger partial charge in [0, 0.05) is 21.6 Å². The molecule has 0 amide bonds. The van der Waals surface area contributed by atoms with Crippen LogP contribution < -0.4 is 15.2 Å². The average molecular weight is 336 g/mol. The van der Waals surface area contributed by atoms with Crippen LogP contribution in [0.4, 0.5) is 0 Å². The molecule has 0 fully saturated rings. The summed E-state index contributed by atoms with van der Waals surface area (Å²) in [7, 11) is 1.66. The lowest BCUT2D eigenvalue weighted by Gasteiger charge is -2.15. The molecule has 0 spiro atoms. The summed E-state index contributed by atoms with van der Waals surface area (Å²) in [5, 5.41) is 0. The fourth-order valence-corrected chi connectivity index (χ4v) is 2.41. The molecule has 4 heteroatoms. The van der Waals surface area contributed by atoms with Gasteiger partial charge >= 0.3 is 0 Å². The van der Waals surface area contributed by atoms with Gasteiger partial charge in [-0.2, -0.15) is 0 Å². The maximum absolute atomic E-state index is 5.95. The van der Waals surface area contributed by atoms with E-state index in [0.29, 0.717) is 6.61 Å². The molecule has 2 aromatic carbocycles. The highest BCUT2D eigenvalue weighted by Crippen LogP contribution is 2.27. The molecule has 2 rings (SSSR count). The maximum Gasteiger partial charge on any atom is 0.125 e. The fraction of sp³-hybridized carbons (Fsp3) is 0.250. The molecule has 0 aliphatic rings. The Kier molecular flexibility index (Phi) is 5.04. The van der Waals surface area contributed by atoms with Crippen LogP contribution in [-0.4, -0.2) is 7.11 Å². The second-order valence-electron chi connectivity index (χ2n) is 4.57. The minimum atomic E-state index is -0.0596. The largest absolute Gasteiger partial charge is 0.496 e. The Morgan fingerprint density at radius 3 is 2.60 bits per heavy atom. The van der Waals surface area contributed by atoms with Crippen molar-refractivity contribution in [3.05, 3.63) is 58.1 Å². The molecule has 2 aromatic rings. The Hall–Kier alpha value is -1.52. The molecule has 3 nitrogen and oxygen atoms in total. The number of nitrogens with two attached hydrogens (primary N) is 1. The molecule has 20 heavy (non-hydrogen) atoms. The van der Waals surface area contributed by atoms with E-state index in [0.717, 1.165) is 27.1 Å². The zero-order valence-electron chi connectivity index (χ0n) is 11.6. The van der Waals surface area contributed by atoms with Gasteiger partial charge in [-0.05, 0) is 31.2 Å². The van der Waals surface area contributed by atoms with Crippen molar-refractivity contribution in [2.75, 3.05) is 7.11 Å². The second kappa shape index (κ2) is 6.77. The van der Waals surface area contributed by atoms with Gasteiger partial charge in [-0.15, -0.1) is 0 Å². The first-order valence-electron chi connectivity index (χ1n) is 6.41. The first-order valence-corrected chi connectivity index (χ1v) is 7.21. The average Bonchev–Trinajstić information content (AvgIpc) is 2.45. The minimum Gasteiger partial charge on any atom is -0.496 e. The summed E-state index contributed by atoms with van der Waals surface area (Å²) in [4.78, 5) is 0. The Morgan fingerprint density at radius 1 is 1.15 bits per heavy atom. The van der Waals surface area contributed by atoms with Crippen molar-refractivity contribution in [1.29, 1.82) is 0 Å². The van der Waals surface area contributed by atoms with Crippen LogP contribution in [0.15, 0.2) is 46.9 Å². The number of hydrogen-bond donors (Lipinski definition) is 1. The van der Waals surface area contributed by atoms with E-state index in [1.807, 2.05) is 49.4 Å². The maximum atomic E-state index is 5.95. The molecule has 0 aliphatic heterocycles. The van der Waals surface area contributed by atoms with Crippen molar-refractivity contribution in [3.8, 4) is 11.5 Å². The summed E-state index contributed by atoms with van der Waals surface area (Å²) >= 11 is 3.46. The summed E-state index contributed by atoms with van der Waals surface area (Å²) in [6.45, 7) is 2.38. The monoisotopic (exact) mass is 335 g/mol. The van der Waals surface area contributed by atoms with Crippen molar-refractivity contribution in [2.24, 2.45) is 5.73 Å². The molecular formula is C16H18BrNO2. The van der Waals surface area contributed by atoms with Crippen LogP contribution in [0, 0.1) is 0 Å². The first kappa shape index (κ1) is 14.9. The van der Waals surface area contributed by atoms with E-state index in [2.05, 4.69) is 15.9 Å². The lowest BCUT2D eigenvalue weighted by Crippen LogP contribution is -2.08. The van der Waals surface area contributed by atoms with E-state index in [1.54, 1.807) is 7.11 Å². The molecule has 0 saturated heterocycles. The van der Waals surface area contributed by atoms with Gasteiger partial charge in [-0.3, -0.25) is 0 Å². The summed E-state index contributed by atoms with van der Waals surface area (Å²) < 4.78 is 12.2. The van der Waals surface area contributed by atoms with Crippen molar-refractivity contribution < 1.29 is 9.47 Å². The summed E-state index contributed by atoms with van der Waals surface area (Å²) in [5.74, 6) is 1.62. The molecule has 2 N–H and O–H groups in total. The summed E-state index contributed by atoms with van der Waals surface area (Å²) in [5.41, 5.74) is 7.94. The van der Waals surface area contributed by atoms with E-state index >= 15 is 0 Å². The number of methoxy groups -OCH3 is 1. The molecule has 1 atom stereocenters. The van der Waals surface area contributed by atoms with Crippen molar-refractivity contribution in [3.63, 3.8) is 0 Å². The Labute approximate surface area is 127 Å². The van der Waals surface area contributed by atoms with Crippen LogP contribution in [0.1, 0.15) is 24.1 Å². The number of ether oxygens (including phenoxy) is 2. The van der Waals surface area contributed by atoms with Crippen molar-refractivity contribution in [1.82, 2.24) is 0 Å². The van der Waals surface area contributed by atoms with Crippen molar-refractivity contribution >= 4 is 15.9 Å². The van der Waals surface area contributed by atoms with Crippen LogP contribution in [-0.2, 0) is 6.61 Å². The predicted molar refractivity (Wildman–Crippen MR) is 84.1 cm³/mol. The number of hydrogen-bond acceptors (Lipinski definition) is 3. The van der Waals surface area contributed by atoms with E-state index in [4.69, 9.17) is 15.2 Å². The number of halogens is 1. The van der Waals surface area contributed by atoms with Crippen LogP contribution in [0.2, 0.25) is 0 Å². The third kappa shape index (κ3) is 3.52. The molecule has 0 aliphatic carbocycles. The molecular weight excluding hydrogens is 318 g/mol. The smallest absolute Gasteiger partial charge is 0.125 e. The third-order valence-corrected chi connectivity index (χ3v) is 3.53. The summed E-state index contributed by atoms with van der Waals surface area (Å²) in [6.07, 6.45) is 0. The molecule has 0 heterocycles. The minimum absolute atomic E-state index is 0.0596. The van der Waals surface area contributed by atoms with E-state index < -0.39 is 0 Å². The normalized spacial score (nSPS) is 12.0. The first-order chi connectivity index (χ1) is 9.61. The van der Waals surface area contributed by atoms with Crippen molar-refractivity contribution in [2.45, 2.75) is 19.6 Å². The SMILES string of the molecule is COc1ccc(Br)cc1COc1ccccc1C(C)N. The highest BCUT2D eigenvalue weighted by atomic mass is 79.9. The molecule has 0 aromatic heterocycles. The molecule has 1 unspecified atom stereocenters. The van der Waals surface area contributed by atoms with E-state index in [-0.39, 0.29) is 6.04 Å². The van der Waals surface area contributed by atoms with E-state index in [1.165, 1.54) is 0 Å². The van der Waals surface area contributed by atoms with Crippen LogP contribution in [0.5, 0.6) is 11.5 Å². The molecule has 0 bridgehead atoms. The lowest BCUT2D eigenvalue weighted by atomic mass is 10.1. The van der Waals surface area contributed by atoms with Crippen LogP contribution in [0.25, 0.3) is 0 Å². The van der Waals surface area contributed by atoms with Crippen LogP contribution in [0.3, 0.4) is 0 Å². The van der Waals surface area contributed by atoms with Gasteiger partial charge in [0.05, 0.1) is 7.11 Å². The van der Waals surface area contributed by atoms with E-state index in [9.17, 15) is 0 Å². The number of para-hydroxylation sites is 1. The zero-order chi connectivity index (χ0) is 14.5. The lowest BCUT2D eigenvalue weighted by molar-refractivity contribution is 0.292. The van der Waals surface area contributed by atoms with Crippen LogP contribution >= 0.6 is 15.9 Å². The quantitative estimate of drug-likeness (QED) is 0.896. The number of rotatable bonds is 5. The zero-order valence-corrected chi connectivity index (χ0v) is 13.2. The van der Waals surface area contributed by atoms with Gasteiger partial charge in [0.1, 0.15) is 18.1 Å². The standard InChI is InChI=1S/C16H18BrNO2/c1-11(18)14-5-3-4-6-16(14)20-10-12-9-13(17)7-8-15(12)19-2/h3-9,11H,10,18H2,1-2H3. The highest BCUT2D eigenvalue weighted by Gasteiger charge is 2.09. The van der Waals surface area contributed by atoms with Gasteiger partial charge in [0.25, 0.3) is 0 Å². The fourth-order valence-electron chi connectivity index (χ4n) is 2.00. The van der Waals surface area contributed by atoms with Gasteiger partial charge in [0.2, 0.25) is 0 Å². The second-order valence-corrected chi connectivity index (χ2v) is 5.49. The van der Waals surface area contributed by atoms with Gasteiger partial charge in [-0.25, -0.2) is 0 Å². The topological polar surface area (TPSA) is 44.5 Å². The number of benzene rings is 2. The third-order valence-electron chi connectivity index (χ3n) is 3.04. The highest BCUT2D eigenvalue weighted by molar-refractivity contribution is 9.10. The molecule has 0 radical (unpaired) electrons. The summed E-state index contributed by atoms with van der Waals surface area (Å²) in [6, 6.07) is 13.6. The Morgan fingerprint density at radius 2 is 1.90 bits per heavy atom. The molecule has 0 saturated carbocycles.